The highest BCUT2D eigenvalue weighted by atomic mass is 14.4. The fourth-order valence-corrected chi connectivity index (χ4v) is 2.97. The van der Waals surface area contributed by atoms with Gasteiger partial charge < -0.3 is 0 Å². The van der Waals surface area contributed by atoms with Crippen LogP contribution in [0, 0.1) is 0 Å². The molecule has 0 aliphatic rings. The van der Waals surface area contributed by atoms with E-state index in [1.54, 1.807) is 0 Å². The summed E-state index contributed by atoms with van der Waals surface area (Å²) in [5.74, 6) is 0. The average Bonchev–Trinajstić information content (AvgIpc) is 2.57. The Morgan fingerprint density at radius 2 is 1.27 bits per heavy atom. The molecule has 0 saturated heterocycles. The minimum absolute atomic E-state index is 0.489. The van der Waals surface area contributed by atoms with E-state index in [-0.39, 0.29) is 0 Å². The molecule has 0 radical (unpaired) electrons. The highest BCUT2D eigenvalue weighted by molar-refractivity contribution is 5.61. The van der Waals surface area contributed by atoms with Crippen molar-refractivity contribution in [1.82, 2.24) is 0 Å². The molecule has 0 spiro atoms. The van der Waals surface area contributed by atoms with Gasteiger partial charge in [-0.1, -0.05) is 98.6 Å². The molecule has 0 amide bonds. The zero-order chi connectivity index (χ0) is 16.0. The van der Waals surface area contributed by atoms with Crippen LogP contribution in [0.5, 0.6) is 0 Å². The molecule has 0 aliphatic carbocycles. The van der Waals surface area contributed by atoms with E-state index in [0.717, 1.165) is 22.3 Å². The van der Waals surface area contributed by atoms with Gasteiger partial charge in [0.1, 0.15) is 0 Å². The van der Waals surface area contributed by atoms with E-state index in [4.69, 9.17) is 0 Å². The predicted octanol–water partition coefficient (Wildman–Crippen LogP) is 5.85. The fourth-order valence-electron chi connectivity index (χ4n) is 2.97. The third kappa shape index (κ3) is 2.60. The van der Waals surface area contributed by atoms with Gasteiger partial charge >= 0.3 is 0 Å². The molecule has 0 N–H and O–H groups in total. The Kier molecular flexibility index (Phi) is 4.95. The molecule has 0 aromatic heterocycles. The molecule has 2 aromatic carbocycles. The Morgan fingerprint density at radius 3 is 1.64 bits per heavy atom. The summed E-state index contributed by atoms with van der Waals surface area (Å²) in [5.41, 5.74) is 3.71. The van der Waals surface area contributed by atoms with Gasteiger partial charge in [-0.15, -0.1) is 0 Å². The van der Waals surface area contributed by atoms with Gasteiger partial charge in [0.05, 0.1) is 5.41 Å². The Labute approximate surface area is 133 Å². The monoisotopic (exact) mass is 286 g/mol. The summed E-state index contributed by atoms with van der Waals surface area (Å²) >= 11 is 0. The second-order valence-electron chi connectivity index (χ2n) is 5.24. The number of allylic oxidation sites excluding steroid dienone is 5. The van der Waals surface area contributed by atoms with Crippen LogP contribution in [0.15, 0.2) is 110 Å². The largest absolute Gasteiger partial charge is 0.0988 e. The van der Waals surface area contributed by atoms with Crippen LogP contribution in [0.1, 0.15) is 18.1 Å². The maximum atomic E-state index is 4.34. The highest BCUT2D eigenvalue weighted by Crippen LogP contribution is 2.45. The zero-order valence-corrected chi connectivity index (χ0v) is 13.1. The molecule has 0 heteroatoms. The van der Waals surface area contributed by atoms with Crippen LogP contribution in [0.4, 0.5) is 0 Å². The second-order valence-corrected chi connectivity index (χ2v) is 5.24. The van der Waals surface area contributed by atoms with Crippen LogP contribution in [0.2, 0.25) is 0 Å². The Balaban J connectivity index is 2.84. The van der Waals surface area contributed by atoms with Crippen molar-refractivity contribution in [3.63, 3.8) is 0 Å². The summed E-state index contributed by atoms with van der Waals surface area (Å²) < 4.78 is 0. The molecule has 2 rings (SSSR count). The van der Waals surface area contributed by atoms with Crippen molar-refractivity contribution in [2.24, 2.45) is 0 Å². The molecule has 0 fully saturated rings. The molecule has 0 unspecified atom stereocenters. The third-order valence-corrected chi connectivity index (χ3v) is 3.99. The van der Waals surface area contributed by atoms with E-state index in [1.807, 2.05) is 55.5 Å². The summed E-state index contributed by atoms with van der Waals surface area (Å²) in [5, 5.41) is 0. The van der Waals surface area contributed by atoms with Crippen LogP contribution in [0.3, 0.4) is 0 Å². The van der Waals surface area contributed by atoms with E-state index >= 15 is 0 Å². The van der Waals surface area contributed by atoms with Crippen molar-refractivity contribution in [2.45, 2.75) is 12.3 Å². The van der Waals surface area contributed by atoms with E-state index in [2.05, 4.69) is 50.1 Å². The molecular formula is C22H22. The van der Waals surface area contributed by atoms with Gasteiger partial charge in [-0.2, -0.15) is 0 Å². The van der Waals surface area contributed by atoms with Crippen LogP contribution >= 0.6 is 0 Å². The first kappa shape index (κ1) is 15.8. The molecule has 0 saturated carbocycles. The van der Waals surface area contributed by atoms with Crippen molar-refractivity contribution in [3.05, 3.63) is 121 Å². The lowest BCUT2D eigenvalue weighted by Crippen LogP contribution is -2.30. The molecule has 0 bridgehead atoms. The first-order valence-electron chi connectivity index (χ1n) is 7.42. The molecular weight excluding hydrogens is 264 g/mol. The number of hydrogen-bond acceptors (Lipinski definition) is 0. The summed E-state index contributed by atoms with van der Waals surface area (Å²) in [6, 6.07) is 20.7. The molecule has 0 nitrogen and oxygen atoms in total. The van der Waals surface area contributed by atoms with Gasteiger partial charge in [0.15, 0.2) is 0 Å². The van der Waals surface area contributed by atoms with Crippen molar-refractivity contribution in [2.75, 3.05) is 0 Å². The van der Waals surface area contributed by atoms with Gasteiger partial charge in [0.2, 0.25) is 0 Å². The molecule has 2 aromatic rings. The van der Waals surface area contributed by atoms with E-state index < -0.39 is 5.41 Å². The standard InChI is InChI=1S/C22H22/c1-5-13-19(4)22(18(3)6-2,20-14-9-7-10-15-20)21-16-11-8-12-17-21/h5-17H,2-4H2,1H3. The normalized spacial score (nSPS) is 11.3. The molecule has 0 heterocycles. The minimum Gasteiger partial charge on any atom is -0.0988 e. The lowest BCUT2D eigenvalue weighted by Gasteiger charge is -2.37. The van der Waals surface area contributed by atoms with Crippen LogP contribution < -0.4 is 0 Å². The van der Waals surface area contributed by atoms with Gasteiger partial charge in [0, 0.05) is 0 Å². The van der Waals surface area contributed by atoms with Gasteiger partial charge in [-0.05, 0) is 29.2 Å². The first-order valence-corrected chi connectivity index (χ1v) is 7.42. The molecule has 0 atom stereocenters. The lowest BCUT2D eigenvalue weighted by atomic mass is 9.65. The van der Waals surface area contributed by atoms with Gasteiger partial charge in [-0.25, -0.2) is 0 Å². The maximum Gasteiger partial charge on any atom is 0.0689 e. The number of rotatable bonds is 6. The third-order valence-electron chi connectivity index (χ3n) is 3.99. The van der Waals surface area contributed by atoms with Crippen molar-refractivity contribution >= 4 is 0 Å². The predicted molar refractivity (Wildman–Crippen MR) is 97.0 cm³/mol. The quantitative estimate of drug-likeness (QED) is 0.584. The Bertz CT molecular complexity index is 648. The lowest BCUT2D eigenvalue weighted by molar-refractivity contribution is 0.748. The van der Waals surface area contributed by atoms with Crippen LogP contribution in [-0.2, 0) is 5.41 Å². The van der Waals surface area contributed by atoms with Crippen LogP contribution in [0.25, 0.3) is 0 Å². The fraction of sp³-hybridized carbons (Fsp3) is 0.0909. The summed E-state index contributed by atoms with van der Waals surface area (Å²) in [6.45, 7) is 14.6. The van der Waals surface area contributed by atoms with Crippen molar-refractivity contribution in [1.29, 1.82) is 0 Å². The smallest absolute Gasteiger partial charge is 0.0689 e. The highest BCUT2D eigenvalue weighted by Gasteiger charge is 2.37. The maximum absolute atomic E-state index is 4.34. The van der Waals surface area contributed by atoms with Crippen molar-refractivity contribution < 1.29 is 0 Å². The Morgan fingerprint density at radius 1 is 0.818 bits per heavy atom. The minimum atomic E-state index is -0.489. The van der Waals surface area contributed by atoms with E-state index in [0.29, 0.717) is 0 Å². The second kappa shape index (κ2) is 6.91. The van der Waals surface area contributed by atoms with Gasteiger partial charge in [0.25, 0.3) is 0 Å². The van der Waals surface area contributed by atoms with Crippen LogP contribution in [-0.4, -0.2) is 0 Å². The molecule has 22 heavy (non-hydrogen) atoms. The number of benzene rings is 2. The summed E-state index contributed by atoms with van der Waals surface area (Å²) in [4.78, 5) is 0. The molecule has 0 aliphatic heterocycles. The van der Waals surface area contributed by atoms with Crippen molar-refractivity contribution in [3.8, 4) is 0 Å². The Hall–Kier alpha value is -2.60. The SMILES string of the molecule is C=CC(=C)C(C(=C)C=CC)(c1ccccc1)c1ccccc1. The number of hydrogen-bond donors (Lipinski definition) is 0. The summed E-state index contributed by atoms with van der Waals surface area (Å²) in [7, 11) is 0. The summed E-state index contributed by atoms with van der Waals surface area (Å²) in [6.07, 6.45) is 5.89. The van der Waals surface area contributed by atoms with E-state index in [1.165, 1.54) is 0 Å². The zero-order valence-electron chi connectivity index (χ0n) is 13.1. The first-order chi connectivity index (χ1) is 10.7. The van der Waals surface area contributed by atoms with Gasteiger partial charge in [-0.3, -0.25) is 0 Å². The topological polar surface area (TPSA) is 0 Å². The van der Waals surface area contributed by atoms with E-state index in [9.17, 15) is 0 Å². The average molecular weight is 286 g/mol. The molecule has 110 valence electrons.